The van der Waals surface area contributed by atoms with Crippen LogP contribution in [0.25, 0.3) is 0 Å². The third-order valence-electron chi connectivity index (χ3n) is 4.66. The highest BCUT2D eigenvalue weighted by atomic mass is 16.5. The number of hydrogen-bond donors (Lipinski definition) is 1. The van der Waals surface area contributed by atoms with Crippen LogP contribution in [0, 0.1) is 0 Å². The maximum absolute atomic E-state index is 10.4. The number of hydrogen-bond acceptors (Lipinski definition) is 4. The number of β-amino-alcohol motifs (C(OH)–C–C–N with tert-alkyl or cyclic N) is 1. The summed E-state index contributed by atoms with van der Waals surface area (Å²) in [4.78, 5) is 4.97. The first-order valence-corrected chi connectivity index (χ1v) is 8.10. The van der Waals surface area contributed by atoms with Crippen LogP contribution in [0.5, 0.6) is 0 Å². The Hall–Kier alpha value is -0.940. The van der Waals surface area contributed by atoms with Crippen molar-refractivity contribution in [2.24, 2.45) is 0 Å². The summed E-state index contributed by atoms with van der Waals surface area (Å²) >= 11 is 0. The minimum atomic E-state index is -0.378. The van der Waals surface area contributed by atoms with E-state index in [2.05, 4.69) is 9.80 Å². The second-order valence-corrected chi connectivity index (χ2v) is 6.13. The van der Waals surface area contributed by atoms with Crippen LogP contribution in [0.2, 0.25) is 0 Å². The summed E-state index contributed by atoms with van der Waals surface area (Å²) in [6.07, 6.45) is 2.12. The maximum atomic E-state index is 10.4. The zero-order valence-corrected chi connectivity index (χ0v) is 12.7. The molecular formula is C17H26N2O2. The number of likely N-dealkylation sites (tertiary alicyclic amines) is 1. The molecule has 0 spiro atoms. The number of aliphatic hydroxyl groups excluding tert-OH is 1. The van der Waals surface area contributed by atoms with Crippen LogP contribution in [0.4, 0.5) is 0 Å². The summed E-state index contributed by atoms with van der Waals surface area (Å²) in [5.74, 6) is 0. The third kappa shape index (κ3) is 4.04. The molecule has 0 radical (unpaired) electrons. The van der Waals surface area contributed by atoms with Gasteiger partial charge in [0.05, 0.1) is 19.3 Å². The highest BCUT2D eigenvalue weighted by Crippen LogP contribution is 2.23. The highest BCUT2D eigenvalue weighted by molar-refractivity contribution is 5.17. The average Bonchev–Trinajstić information content (AvgIpc) is 2.96. The first kappa shape index (κ1) is 15.0. The molecule has 1 aromatic carbocycles. The van der Waals surface area contributed by atoms with E-state index in [1.165, 1.54) is 12.8 Å². The summed E-state index contributed by atoms with van der Waals surface area (Å²) < 4.78 is 5.42. The molecule has 21 heavy (non-hydrogen) atoms. The minimum Gasteiger partial charge on any atom is -0.387 e. The summed E-state index contributed by atoms with van der Waals surface area (Å²) in [7, 11) is 0. The van der Waals surface area contributed by atoms with Gasteiger partial charge < -0.3 is 9.84 Å². The Bertz CT molecular complexity index is 420. The molecule has 0 aromatic heterocycles. The van der Waals surface area contributed by atoms with Crippen molar-refractivity contribution < 1.29 is 9.84 Å². The summed E-state index contributed by atoms with van der Waals surface area (Å²) in [6.45, 7) is 6.79. The molecule has 0 bridgehead atoms. The Balaban J connectivity index is 1.54. The van der Waals surface area contributed by atoms with Gasteiger partial charge >= 0.3 is 0 Å². The van der Waals surface area contributed by atoms with Crippen molar-refractivity contribution >= 4 is 0 Å². The van der Waals surface area contributed by atoms with Crippen molar-refractivity contribution in [2.75, 3.05) is 45.9 Å². The monoisotopic (exact) mass is 290 g/mol. The van der Waals surface area contributed by atoms with E-state index in [1.807, 2.05) is 30.3 Å². The number of morpholine rings is 1. The molecule has 2 heterocycles. The van der Waals surface area contributed by atoms with Crippen LogP contribution in [0.3, 0.4) is 0 Å². The summed E-state index contributed by atoms with van der Waals surface area (Å²) in [5.41, 5.74) is 1.02. The molecule has 0 aliphatic carbocycles. The van der Waals surface area contributed by atoms with Gasteiger partial charge in [0.25, 0.3) is 0 Å². The zero-order chi connectivity index (χ0) is 14.5. The van der Waals surface area contributed by atoms with E-state index >= 15 is 0 Å². The van der Waals surface area contributed by atoms with E-state index < -0.39 is 0 Å². The van der Waals surface area contributed by atoms with Crippen LogP contribution in [0.1, 0.15) is 24.5 Å². The molecule has 4 nitrogen and oxygen atoms in total. The lowest BCUT2D eigenvalue weighted by atomic mass is 10.1. The first-order chi connectivity index (χ1) is 10.3. The molecule has 0 amide bonds. The van der Waals surface area contributed by atoms with Crippen molar-refractivity contribution in [3.05, 3.63) is 35.9 Å². The number of aliphatic hydroxyl groups is 1. The molecule has 1 N–H and O–H groups in total. The van der Waals surface area contributed by atoms with Crippen molar-refractivity contribution in [3.8, 4) is 0 Å². The third-order valence-corrected chi connectivity index (χ3v) is 4.66. The van der Waals surface area contributed by atoms with E-state index in [0.29, 0.717) is 6.04 Å². The van der Waals surface area contributed by atoms with E-state index in [4.69, 9.17) is 4.74 Å². The van der Waals surface area contributed by atoms with Gasteiger partial charge in [-0.05, 0) is 24.9 Å². The molecular weight excluding hydrogens is 264 g/mol. The fourth-order valence-corrected chi connectivity index (χ4v) is 3.43. The number of nitrogens with zero attached hydrogens (tertiary/aromatic N) is 2. The molecule has 116 valence electrons. The summed E-state index contributed by atoms with van der Waals surface area (Å²) in [6, 6.07) is 10.6. The standard InChI is InChI=1S/C17H26N2O2/c20-17(15-5-2-1-3-6-15)14-19-8-4-7-16(19)13-18-9-11-21-12-10-18/h1-3,5-6,16-17,20H,4,7-14H2. The van der Waals surface area contributed by atoms with E-state index in [1.54, 1.807) is 0 Å². The quantitative estimate of drug-likeness (QED) is 0.892. The molecule has 2 saturated heterocycles. The fraction of sp³-hybridized carbons (Fsp3) is 0.647. The smallest absolute Gasteiger partial charge is 0.0917 e. The van der Waals surface area contributed by atoms with Gasteiger partial charge in [-0.1, -0.05) is 30.3 Å². The van der Waals surface area contributed by atoms with Gasteiger partial charge in [-0.2, -0.15) is 0 Å². The van der Waals surface area contributed by atoms with Gasteiger partial charge in [-0.15, -0.1) is 0 Å². The molecule has 2 aliphatic rings. The molecule has 3 rings (SSSR count). The normalized spacial score (nSPS) is 26.0. The van der Waals surface area contributed by atoms with Crippen molar-refractivity contribution in [2.45, 2.75) is 25.0 Å². The molecule has 2 atom stereocenters. The molecule has 2 unspecified atom stereocenters. The highest BCUT2D eigenvalue weighted by Gasteiger charge is 2.28. The van der Waals surface area contributed by atoms with Crippen LogP contribution in [0.15, 0.2) is 30.3 Å². The molecule has 2 aliphatic heterocycles. The average molecular weight is 290 g/mol. The zero-order valence-electron chi connectivity index (χ0n) is 12.7. The summed E-state index contributed by atoms with van der Waals surface area (Å²) in [5, 5.41) is 10.4. The lowest BCUT2D eigenvalue weighted by Crippen LogP contribution is -2.45. The second-order valence-electron chi connectivity index (χ2n) is 6.13. The Labute approximate surface area is 127 Å². The van der Waals surface area contributed by atoms with Gasteiger partial charge in [-0.25, -0.2) is 0 Å². The SMILES string of the molecule is OC(CN1CCCC1CN1CCOCC1)c1ccccc1. The Kier molecular flexibility index (Phi) is 5.25. The Morgan fingerprint density at radius 2 is 1.90 bits per heavy atom. The molecule has 4 heteroatoms. The molecule has 1 aromatic rings. The van der Waals surface area contributed by atoms with Crippen LogP contribution >= 0.6 is 0 Å². The maximum Gasteiger partial charge on any atom is 0.0917 e. The Morgan fingerprint density at radius 3 is 2.67 bits per heavy atom. The van der Waals surface area contributed by atoms with Crippen molar-refractivity contribution in [3.63, 3.8) is 0 Å². The van der Waals surface area contributed by atoms with Gasteiger partial charge in [0, 0.05) is 32.2 Å². The fourth-order valence-electron chi connectivity index (χ4n) is 3.43. The second kappa shape index (κ2) is 7.36. The number of benzene rings is 1. The number of ether oxygens (including phenoxy) is 1. The predicted octanol–water partition coefficient (Wildman–Crippen LogP) is 1.52. The Morgan fingerprint density at radius 1 is 1.14 bits per heavy atom. The van der Waals surface area contributed by atoms with E-state index in [9.17, 15) is 5.11 Å². The molecule has 0 saturated carbocycles. The van der Waals surface area contributed by atoms with Gasteiger partial charge in [0.2, 0.25) is 0 Å². The van der Waals surface area contributed by atoms with Crippen LogP contribution < -0.4 is 0 Å². The first-order valence-electron chi connectivity index (χ1n) is 8.10. The van der Waals surface area contributed by atoms with Gasteiger partial charge in [0.15, 0.2) is 0 Å². The minimum absolute atomic E-state index is 0.378. The lowest BCUT2D eigenvalue weighted by molar-refractivity contribution is 0.0219. The van der Waals surface area contributed by atoms with Gasteiger partial charge in [-0.3, -0.25) is 9.80 Å². The van der Waals surface area contributed by atoms with Gasteiger partial charge in [0.1, 0.15) is 0 Å². The largest absolute Gasteiger partial charge is 0.387 e. The lowest BCUT2D eigenvalue weighted by Gasteiger charge is -2.33. The molecule has 2 fully saturated rings. The van der Waals surface area contributed by atoms with Crippen LogP contribution in [-0.4, -0.2) is 66.9 Å². The van der Waals surface area contributed by atoms with Crippen molar-refractivity contribution in [1.29, 1.82) is 0 Å². The van der Waals surface area contributed by atoms with Crippen LogP contribution in [-0.2, 0) is 4.74 Å². The topological polar surface area (TPSA) is 35.9 Å². The van der Waals surface area contributed by atoms with E-state index in [-0.39, 0.29) is 6.10 Å². The van der Waals surface area contributed by atoms with Crippen molar-refractivity contribution in [1.82, 2.24) is 9.80 Å². The number of rotatable bonds is 5. The van der Waals surface area contributed by atoms with E-state index in [0.717, 1.165) is 51.5 Å². The predicted molar refractivity (Wildman–Crippen MR) is 83.3 cm³/mol.